The van der Waals surface area contributed by atoms with E-state index >= 15 is 0 Å². The smallest absolute Gasteiger partial charge is 0.223 e. The predicted molar refractivity (Wildman–Crippen MR) is 87.8 cm³/mol. The van der Waals surface area contributed by atoms with Crippen LogP contribution in [0.5, 0.6) is 0 Å². The quantitative estimate of drug-likeness (QED) is 0.280. The van der Waals surface area contributed by atoms with Gasteiger partial charge in [-0.05, 0) is 32.1 Å². The van der Waals surface area contributed by atoms with Gasteiger partial charge >= 0.3 is 0 Å². The van der Waals surface area contributed by atoms with Gasteiger partial charge < -0.3 is 16.0 Å². The molecule has 1 amide bonds. The van der Waals surface area contributed by atoms with Gasteiger partial charge in [-0.25, -0.2) is 0 Å². The van der Waals surface area contributed by atoms with E-state index in [0.717, 1.165) is 31.3 Å². The largest absolute Gasteiger partial charge is 0.357 e. The van der Waals surface area contributed by atoms with Crippen LogP contribution in [0, 0.1) is 11.8 Å². The Labute approximate surface area is 132 Å². The first kappa shape index (κ1) is 16.5. The third-order valence-corrected chi connectivity index (χ3v) is 3.40. The van der Waals surface area contributed by atoms with Crippen LogP contribution in [0.15, 0.2) is 4.99 Å². The monoisotopic (exact) mass is 380 g/mol. The normalized spacial score (nSPS) is 25.3. The number of hydrogen-bond acceptors (Lipinski definition) is 2. The molecule has 2 atom stereocenters. The summed E-state index contributed by atoms with van der Waals surface area (Å²) in [5, 5.41) is 9.53. The van der Waals surface area contributed by atoms with E-state index in [1.165, 1.54) is 6.42 Å². The van der Waals surface area contributed by atoms with E-state index in [1.54, 1.807) is 0 Å². The summed E-state index contributed by atoms with van der Waals surface area (Å²) in [4.78, 5) is 15.9. The zero-order valence-corrected chi connectivity index (χ0v) is 14.1. The first-order valence-electron chi connectivity index (χ1n) is 7.03. The molecule has 0 aromatic rings. The maximum atomic E-state index is 11.4. The molecular weight excluding hydrogens is 355 g/mol. The first-order valence-corrected chi connectivity index (χ1v) is 7.03. The number of nitrogens with zero attached hydrogens (tertiary/aromatic N) is 1. The van der Waals surface area contributed by atoms with E-state index in [-0.39, 0.29) is 35.8 Å². The fourth-order valence-corrected chi connectivity index (χ4v) is 1.86. The average molecular weight is 380 g/mol. The second-order valence-electron chi connectivity index (χ2n) is 5.29. The third kappa shape index (κ3) is 5.97. The SMILES string of the molecule is CCNC(=NCCNC(=O)C1CC1)NC1CC1C.I. The Morgan fingerprint density at radius 3 is 2.53 bits per heavy atom. The summed E-state index contributed by atoms with van der Waals surface area (Å²) in [6.45, 7) is 6.42. The van der Waals surface area contributed by atoms with Crippen molar-refractivity contribution in [2.45, 2.75) is 39.2 Å². The number of rotatable bonds is 6. The highest BCUT2D eigenvalue weighted by atomic mass is 127. The minimum Gasteiger partial charge on any atom is -0.357 e. The lowest BCUT2D eigenvalue weighted by Gasteiger charge is -2.10. The average Bonchev–Trinajstić information content (AvgIpc) is 3.22. The number of guanidine groups is 1. The van der Waals surface area contributed by atoms with Gasteiger partial charge in [0.25, 0.3) is 0 Å². The van der Waals surface area contributed by atoms with Crippen LogP contribution in [0.3, 0.4) is 0 Å². The van der Waals surface area contributed by atoms with Crippen molar-refractivity contribution in [3.05, 3.63) is 0 Å². The second kappa shape index (κ2) is 7.91. The molecule has 0 spiro atoms. The van der Waals surface area contributed by atoms with Gasteiger partial charge in [0.15, 0.2) is 5.96 Å². The van der Waals surface area contributed by atoms with Crippen LogP contribution in [0.1, 0.15) is 33.1 Å². The number of amides is 1. The molecule has 2 fully saturated rings. The van der Waals surface area contributed by atoms with E-state index in [4.69, 9.17) is 0 Å². The summed E-state index contributed by atoms with van der Waals surface area (Å²) in [5.74, 6) is 2.10. The highest BCUT2D eigenvalue weighted by Crippen LogP contribution is 2.29. The molecular formula is C13H25IN4O. The van der Waals surface area contributed by atoms with Crippen molar-refractivity contribution in [1.29, 1.82) is 0 Å². The van der Waals surface area contributed by atoms with Gasteiger partial charge in [0.2, 0.25) is 5.91 Å². The number of halogens is 1. The van der Waals surface area contributed by atoms with Gasteiger partial charge in [-0.3, -0.25) is 9.79 Å². The molecule has 0 saturated heterocycles. The predicted octanol–water partition coefficient (Wildman–Crippen LogP) is 1.09. The molecule has 0 radical (unpaired) electrons. The van der Waals surface area contributed by atoms with Crippen LogP contribution >= 0.6 is 24.0 Å². The lowest BCUT2D eigenvalue weighted by atomic mass is 10.4. The Bertz CT molecular complexity index is 331. The molecule has 3 N–H and O–H groups in total. The van der Waals surface area contributed by atoms with E-state index < -0.39 is 0 Å². The molecule has 0 aromatic heterocycles. The number of carbonyl (C=O) groups is 1. The molecule has 2 saturated carbocycles. The first-order chi connectivity index (χ1) is 8.70. The summed E-state index contributed by atoms with van der Waals surface area (Å²) in [7, 11) is 0. The maximum absolute atomic E-state index is 11.4. The Morgan fingerprint density at radius 2 is 2.00 bits per heavy atom. The van der Waals surface area contributed by atoms with Crippen LogP contribution < -0.4 is 16.0 Å². The lowest BCUT2D eigenvalue weighted by Crippen LogP contribution is -2.39. The van der Waals surface area contributed by atoms with Gasteiger partial charge in [0.05, 0.1) is 6.54 Å². The van der Waals surface area contributed by atoms with Gasteiger partial charge in [-0.1, -0.05) is 6.92 Å². The fraction of sp³-hybridized carbons (Fsp3) is 0.846. The molecule has 2 rings (SSSR count). The Balaban J connectivity index is 0.00000180. The summed E-state index contributed by atoms with van der Waals surface area (Å²) < 4.78 is 0. The van der Waals surface area contributed by atoms with Crippen molar-refractivity contribution in [3.8, 4) is 0 Å². The summed E-state index contributed by atoms with van der Waals surface area (Å²) in [6.07, 6.45) is 3.33. The van der Waals surface area contributed by atoms with E-state index in [1.807, 2.05) is 0 Å². The van der Waals surface area contributed by atoms with Crippen molar-refractivity contribution >= 4 is 35.8 Å². The zero-order valence-electron chi connectivity index (χ0n) is 11.7. The Morgan fingerprint density at radius 1 is 1.32 bits per heavy atom. The molecule has 0 aliphatic heterocycles. The van der Waals surface area contributed by atoms with Gasteiger partial charge in [0, 0.05) is 25.0 Å². The van der Waals surface area contributed by atoms with Gasteiger partial charge in [-0.2, -0.15) is 0 Å². The van der Waals surface area contributed by atoms with E-state index in [2.05, 4.69) is 34.8 Å². The zero-order chi connectivity index (χ0) is 13.0. The van der Waals surface area contributed by atoms with Crippen molar-refractivity contribution in [2.24, 2.45) is 16.8 Å². The molecule has 2 aliphatic carbocycles. The summed E-state index contributed by atoms with van der Waals surface area (Å²) in [6, 6.07) is 0.573. The molecule has 6 heteroatoms. The van der Waals surface area contributed by atoms with Gasteiger partial charge in [0.1, 0.15) is 0 Å². The highest BCUT2D eigenvalue weighted by molar-refractivity contribution is 14.0. The molecule has 0 aromatic carbocycles. The molecule has 2 aliphatic rings. The second-order valence-corrected chi connectivity index (χ2v) is 5.29. The summed E-state index contributed by atoms with van der Waals surface area (Å²) >= 11 is 0. The van der Waals surface area contributed by atoms with Crippen molar-refractivity contribution in [3.63, 3.8) is 0 Å². The van der Waals surface area contributed by atoms with Crippen LogP contribution in [0.2, 0.25) is 0 Å². The molecule has 5 nitrogen and oxygen atoms in total. The van der Waals surface area contributed by atoms with Gasteiger partial charge in [-0.15, -0.1) is 24.0 Å². The molecule has 2 unspecified atom stereocenters. The Kier molecular flexibility index (Phi) is 6.88. The van der Waals surface area contributed by atoms with Crippen LogP contribution in [0.4, 0.5) is 0 Å². The molecule has 19 heavy (non-hydrogen) atoms. The maximum Gasteiger partial charge on any atom is 0.223 e. The lowest BCUT2D eigenvalue weighted by molar-refractivity contribution is -0.122. The third-order valence-electron chi connectivity index (χ3n) is 3.40. The number of nitrogens with one attached hydrogen (secondary N) is 3. The summed E-state index contributed by atoms with van der Waals surface area (Å²) in [5.41, 5.74) is 0. The minimum atomic E-state index is 0. The van der Waals surface area contributed by atoms with Crippen molar-refractivity contribution in [1.82, 2.24) is 16.0 Å². The van der Waals surface area contributed by atoms with Crippen LogP contribution in [-0.2, 0) is 4.79 Å². The standard InChI is InChI=1S/C13H24N4O.HI/c1-3-14-13(17-11-8-9(11)2)16-7-6-15-12(18)10-4-5-10;/h9-11H,3-8H2,1-2H3,(H,15,18)(H2,14,16,17);1H. The van der Waals surface area contributed by atoms with E-state index in [9.17, 15) is 4.79 Å². The number of aliphatic imine (C=N–C) groups is 1. The highest BCUT2D eigenvalue weighted by Gasteiger charge is 2.33. The fourth-order valence-electron chi connectivity index (χ4n) is 1.86. The Hall–Kier alpha value is -0.530. The van der Waals surface area contributed by atoms with Crippen LogP contribution in [-0.4, -0.2) is 37.5 Å². The van der Waals surface area contributed by atoms with Crippen molar-refractivity contribution < 1.29 is 4.79 Å². The minimum absolute atomic E-state index is 0. The van der Waals surface area contributed by atoms with E-state index in [0.29, 0.717) is 19.1 Å². The number of carbonyl (C=O) groups excluding carboxylic acids is 1. The topological polar surface area (TPSA) is 65.5 Å². The van der Waals surface area contributed by atoms with Crippen molar-refractivity contribution in [2.75, 3.05) is 19.6 Å². The van der Waals surface area contributed by atoms with Crippen LogP contribution in [0.25, 0.3) is 0 Å². The molecule has 0 bridgehead atoms. The number of hydrogen-bond donors (Lipinski definition) is 3. The molecule has 110 valence electrons. The molecule has 0 heterocycles.